The molecule has 152 valence electrons. The number of hydrogen-bond acceptors (Lipinski definition) is 4. The quantitative estimate of drug-likeness (QED) is 0.425. The lowest BCUT2D eigenvalue weighted by atomic mass is 10.2. The number of rotatable bonds is 4. The molecule has 1 fully saturated rings. The number of nitrogens with one attached hydrogen (secondary N) is 1. The van der Waals surface area contributed by atoms with Crippen molar-refractivity contribution in [2.45, 2.75) is 30.3 Å². The summed E-state index contributed by atoms with van der Waals surface area (Å²) in [6.45, 7) is 1.55. The van der Waals surface area contributed by atoms with Gasteiger partial charge < -0.3 is 10.1 Å². The molecule has 0 aliphatic carbocycles. The van der Waals surface area contributed by atoms with Crippen molar-refractivity contribution < 1.29 is 9.50 Å². The summed E-state index contributed by atoms with van der Waals surface area (Å²) in [5.74, 6) is 0.376. The molecular formula is C21H20BrClFN3OS. The van der Waals surface area contributed by atoms with E-state index in [0.29, 0.717) is 21.9 Å². The standard InChI is InChI=1S/C21H20BrClFN3OS/c22-16-6-4-13(9-18(16)24)19-11-25-21(26-19)14-5-7-17(23)20(10-14)29-27-8-2-1-3-15(28)12-27/h4-7,9-11,15,28H,1-3,8,12H2,(H,25,26). The van der Waals surface area contributed by atoms with Gasteiger partial charge in [0.1, 0.15) is 11.6 Å². The maximum absolute atomic E-state index is 13.8. The Morgan fingerprint density at radius 3 is 2.86 bits per heavy atom. The lowest BCUT2D eigenvalue weighted by Gasteiger charge is -2.21. The van der Waals surface area contributed by atoms with Crippen molar-refractivity contribution in [3.8, 4) is 22.6 Å². The van der Waals surface area contributed by atoms with Crippen LogP contribution in [0.2, 0.25) is 5.02 Å². The number of nitrogens with zero attached hydrogens (tertiary/aromatic N) is 2. The fourth-order valence-corrected chi connectivity index (χ4v) is 4.85. The van der Waals surface area contributed by atoms with Crippen molar-refractivity contribution in [1.29, 1.82) is 0 Å². The van der Waals surface area contributed by atoms with Crippen LogP contribution in [0.3, 0.4) is 0 Å². The third-order valence-electron chi connectivity index (χ3n) is 4.85. The molecule has 2 aromatic carbocycles. The van der Waals surface area contributed by atoms with Gasteiger partial charge in [0.05, 0.1) is 27.5 Å². The zero-order chi connectivity index (χ0) is 20.4. The molecule has 1 atom stereocenters. The van der Waals surface area contributed by atoms with E-state index in [0.717, 1.165) is 47.5 Å². The van der Waals surface area contributed by atoms with Crippen molar-refractivity contribution in [1.82, 2.24) is 14.3 Å². The number of aliphatic hydroxyl groups excluding tert-OH is 1. The number of halogens is 3. The minimum Gasteiger partial charge on any atom is -0.392 e. The van der Waals surface area contributed by atoms with Gasteiger partial charge in [-0.2, -0.15) is 0 Å². The SMILES string of the molecule is OC1CCCCN(Sc2cc(-c3ncc(-c4ccc(Br)c(F)c4)[nH]3)ccc2Cl)C1. The zero-order valence-electron chi connectivity index (χ0n) is 15.5. The molecule has 0 radical (unpaired) electrons. The van der Waals surface area contributed by atoms with E-state index in [2.05, 4.69) is 30.2 Å². The fraction of sp³-hybridized carbons (Fsp3) is 0.286. The monoisotopic (exact) mass is 495 g/mol. The molecular weight excluding hydrogens is 477 g/mol. The summed E-state index contributed by atoms with van der Waals surface area (Å²) in [5, 5.41) is 10.7. The van der Waals surface area contributed by atoms with E-state index >= 15 is 0 Å². The summed E-state index contributed by atoms with van der Waals surface area (Å²) in [4.78, 5) is 8.65. The van der Waals surface area contributed by atoms with E-state index in [9.17, 15) is 9.50 Å². The Hall–Kier alpha value is -1.38. The van der Waals surface area contributed by atoms with Crippen LogP contribution in [0, 0.1) is 5.82 Å². The summed E-state index contributed by atoms with van der Waals surface area (Å²) in [6, 6.07) is 10.7. The minimum absolute atomic E-state index is 0.300. The molecule has 2 heterocycles. The molecule has 3 aromatic rings. The normalized spacial score (nSPS) is 18.0. The molecule has 0 bridgehead atoms. The van der Waals surface area contributed by atoms with Gasteiger partial charge in [0.15, 0.2) is 0 Å². The van der Waals surface area contributed by atoms with Gasteiger partial charge in [0.2, 0.25) is 0 Å². The maximum atomic E-state index is 13.8. The molecule has 0 spiro atoms. The van der Waals surface area contributed by atoms with E-state index in [-0.39, 0.29) is 11.9 Å². The summed E-state index contributed by atoms with van der Waals surface area (Å²) in [5.41, 5.74) is 2.37. The average molecular weight is 497 g/mol. The zero-order valence-corrected chi connectivity index (χ0v) is 18.7. The maximum Gasteiger partial charge on any atom is 0.138 e. The van der Waals surface area contributed by atoms with Gasteiger partial charge in [-0.1, -0.05) is 17.7 Å². The van der Waals surface area contributed by atoms with Crippen molar-refractivity contribution in [2.24, 2.45) is 0 Å². The molecule has 8 heteroatoms. The number of aliphatic hydroxyl groups is 1. The highest BCUT2D eigenvalue weighted by Gasteiger charge is 2.18. The minimum atomic E-state index is -0.316. The highest BCUT2D eigenvalue weighted by Crippen LogP contribution is 2.35. The highest BCUT2D eigenvalue weighted by atomic mass is 79.9. The van der Waals surface area contributed by atoms with Gasteiger partial charge in [0, 0.05) is 29.1 Å². The molecule has 0 amide bonds. The van der Waals surface area contributed by atoms with Crippen LogP contribution in [0.1, 0.15) is 19.3 Å². The topological polar surface area (TPSA) is 52.1 Å². The van der Waals surface area contributed by atoms with Crippen LogP contribution in [0.5, 0.6) is 0 Å². The number of benzene rings is 2. The van der Waals surface area contributed by atoms with Crippen molar-refractivity contribution in [3.63, 3.8) is 0 Å². The van der Waals surface area contributed by atoms with E-state index in [1.807, 2.05) is 24.3 Å². The molecule has 1 aliphatic rings. The van der Waals surface area contributed by atoms with Crippen LogP contribution >= 0.6 is 39.5 Å². The molecule has 1 aromatic heterocycles. The van der Waals surface area contributed by atoms with Crippen LogP contribution in [0.25, 0.3) is 22.6 Å². The van der Waals surface area contributed by atoms with Crippen LogP contribution in [-0.2, 0) is 0 Å². The number of aromatic nitrogens is 2. The first-order valence-corrected chi connectivity index (χ1v) is 11.4. The molecule has 2 N–H and O–H groups in total. The van der Waals surface area contributed by atoms with Gasteiger partial charge in [-0.25, -0.2) is 13.7 Å². The molecule has 4 nitrogen and oxygen atoms in total. The summed E-state index contributed by atoms with van der Waals surface area (Å²) >= 11 is 11.2. The van der Waals surface area contributed by atoms with Crippen LogP contribution in [0.15, 0.2) is 52.0 Å². The van der Waals surface area contributed by atoms with Crippen molar-refractivity contribution >= 4 is 39.5 Å². The Kier molecular flexibility index (Phi) is 6.61. The number of hydrogen-bond donors (Lipinski definition) is 2. The van der Waals surface area contributed by atoms with E-state index in [1.165, 1.54) is 6.07 Å². The van der Waals surface area contributed by atoms with Gasteiger partial charge in [-0.05, 0) is 77.5 Å². The summed E-state index contributed by atoms with van der Waals surface area (Å²) in [7, 11) is 0. The molecule has 1 saturated heterocycles. The summed E-state index contributed by atoms with van der Waals surface area (Å²) < 4.78 is 16.4. The number of aromatic amines is 1. The Morgan fingerprint density at radius 2 is 2.03 bits per heavy atom. The molecule has 4 rings (SSSR count). The molecule has 1 unspecified atom stereocenters. The fourth-order valence-electron chi connectivity index (χ4n) is 3.31. The Bertz CT molecular complexity index is 1020. The van der Waals surface area contributed by atoms with Crippen molar-refractivity contribution in [3.05, 3.63) is 57.9 Å². The Balaban J connectivity index is 1.57. The predicted molar refractivity (Wildman–Crippen MR) is 119 cm³/mol. The van der Waals surface area contributed by atoms with Crippen LogP contribution in [0.4, 0.5) is 4.39 Å². The van der Waals surface area contributed by atoms with E-state index in [1.54, 1.807) is 24.2 Å². The number of H-pyrrole nitrogens is 1. The molecule has 29 heavy (non-hydrogen) atoms. The summed E-state index contributed by atoms with van der Waals surface area (Å²) in [6.07, 6.45) is 4.34. The van der Waals surface area contributed by atoms with Crippen molar-refractivity contribution in [2.75, 3.05) is 13.1 Å². The van der Waals surface area contributed by atoms with Crippen LogP contribution < -0.4 is 0 Å². The van der Waals surface area contributed by atoms with E-state index < -0.39 is 0 Å². The third kappa shape index (κ3) is 5.03. The lowest BCUT2D eigenvalue weighted by Crippen LogP contribution is -2.24. The second-order valence-corrected chi connectivity index (χ2v) is 9.45. The van der Waals surface area contributed by atoms with Crippen LogP contribution in [-0.4, -0.2) is 38.6 Å². The largest absolute Gasteiger partial charge is 0.392 e. The second-order valence-electron chi connectivity index (χ2n) is 7.05. The second kappa shape index (κ2) is 9.18. The van der Waals surface area contributed by atoms with Gasteiger partial charge >= 0.3 is 0 Å². The average Bonchev–Trinajstić information content (AvgIpc) is 3.10. The predicted octanol–water partition coefficient (Wildman–Crippen LogP) is 6.15. The van der Waals surface area contributed by atoms with E-state index in [4.69, 9.17) is 11.6 Å². The first kappa shape index (κ1) is 20.9. The van der Waals surface area contributed by atoms with Gasteiger partial charge in [0.25, 0.3) is 0 Å². The Morgan fingerprint density at radius 1 is 1.21 bits per heavy atom. The van der Waals surface area contributed by atoms with Gasteiger partial charge in [-0.15, -0.1) is 0 Å². The number of β-amino-alcohol motifs (C(OH)–C–C–N with tert-alkyl or cyclic N) is 1. The smallest absolute Gasteiger partial charge is 0.138 e. The third-order valence-corrected chi connectivity index (χ3v) is 7.06. The highest BCUT2D eigenvalue weighted by molar-refractivity contribution is 9.10. The Labute approximate surface area is 186 Å². The number of imidazole rings is 1. The molecule has 1 aliphatic heterocycles. The lowest BCUT2D eigenvalue weighted by molar-refractivity contribution is 0.152. The first-order chi connectivity index (χ1) is 14.0. The first-order valence-electron chi connectivity index (χ1n) is 9.41. The van der Waals surface area contributed by atoms with Gasteiger partial charge in [-0.3, -0.25) is 0 Å². The molecule has 0 saturated carbocycles.